The third-order valence-corrected chi connectivity index (χ3v) is 2.91. The summed E-state index contributed by atoms with van der Waals surface area (Å²) in [5.41, 5.74) is 4.62. The van der Waals surface area contributed by atoms with Crippen LogP contribution < -0.4 is 10.2 Å². The van der Waals surface area contributed by atoms with Gasteiger partial charge in [0.15, 0.2) is 0 Å². The molecule has 1 aromatic heterocycles. The monoisotopic (exact) mass is 258 g/mol. The maximum atomic E-state index is 5.68. The van der Waals surface area contributed by atoms with E-state index in [4.69, 9.17) is 4.74 Å². The predicted molar refractivity (Wildman–Crippen MR) is 79.0 cm³/mol. The van der Waals surface area contributed by atoms with Crippen molar-refractivity contribution in [2.45, 2.75) is 26.8 Å². The first-order chi connectivity index (χ1) is 9.15. The maximum Gasteiger partial charge on any atom is 0.119 e. The number of hydrogen-bond acceptors (Lipinski definition) is 2. The Hall–Kier alpha value is -1.90. The highest BCUT2D eigenvalue weighted by atomic mass is 16.5. The van der Waals surface area contributed by atoms with E-state index in [1.54, 1.807) is 0 Å². The lowest BCUT2D eigenvalue weighted by atomic mass is 10.1. The van der Waals surface area contributed by atoms with Crippen molar-refractivity contribution in [3.8, 4) is 5.75 Å². The summed E-state index contributed by atoms with van der Waals surface area (Å²) in [5.74, 6) is 1.49. The molecule has 0 amide bonds. The van der Waals surface area contributed by atoms with Crippen molar-refractivity contribution in [2.75, 3.05) is 12.0 Å². The van der Waals surface area contributed by atoms with Gasteiger partial charge in [0.1, 0.15) is 5.75 Å². The van der Waals surface area contributed by atoms with Crippen molar-refractivity contribution < 1.29 is 4.74 Å². The molecule has 3 heteroatoms. The van der Waals surface area contributed by atoms with Gasteiger partial charge in [0.25, 0.3) is 0 Å². The summed E-state index contributed by atoms with van der Waals surface area (Å²) >= 11 is 0. The molecule has 0 aliphatic carbocycles. The Kier molecular flexibility index (Phi) is 4.50. The van der Waals surface area contributed by atoms with Gasteiger partial charge < -0.3 is 10.2 Å². The Morgan fingerprint density at radius 1 is 1.05 bits per heavy atom. The molecule has 1 N–H and O–H groups in total. The summed E-state index contributed by atoms with van der Waals surface area (Å²) in [6, 6.07) is 12.5. The molecule has 0 aliphatic rings. The molecule has 0 aliphatic heterocycles. The van der Waals surface area contributed by atoms with Crippen LogP contribution in [0, 0.1) is 5.92 Å². The van der Waals surface area contributed by atoms with E-state index in [2.05, 4.69) is 38.3 Å². The quantitative estimate of drug-likeness (QED) is 0.852. The molecule has 0 radical (unpaired) electrons. The summed E-state index contributed by atoms with van der Waals surface area (Å²) in [4.78, 5) is 0. The van der Waals surface area contributed by atoms with Crippen molar-refractivity contribution in [1.29, 1.82) is 0 Å². The molecule has 2 aromatic rings. The molecule has 0 saturated heterocycles. The topological polar surface area (TPSA) is 26.2 Å². The second kappa shape index (κ2) is 6.32. The van der Waals surface area contributed by atoms with Crippen LogP contribution in [-0.2, 0) is 0 Å². The average molecular weight is 258 g/mol. The van der Waals surface area contributed by atoms with Crippen LogP contribution in [0.5, 0.6) is 5.75 Å². The van der Waals surface area contributed by atoms with Crippen LogP contribution >= 0.6 is 0 Å². The summed E-state index contributed by atoms with van der Waals surface area (Å²) in [7, 11) is 0. The fraction of sp³-hybridized carbons (Fsp3) is 0.375. The zero-order chi connectivity index (χ0) is 13.7. The standard InChI is InChI=1S/C16H22N2O/c1-13(2)12-19-16-8-6-15(7-9-16)14(3)17-18-10-4-5-11-18/h4-11,13-14,17H,12H2,1-3H3. The molecule has 1 unspecified atom stereocenters. The number of nitrogens with one attached hydrogen (secondary N) is 1. The maximum absolute atomic E-state index is 5.68. The predicted octanol–water partition coefficient (Wildman–Crippen LogP) is 3.83. The Morgan fingerprint density at radius 3 is 2.26 bits per heavy atom. The lowest BCUT2D eigenvalue weighted by Gasteiger charge is -2.17. The van der Waals surface area contributed by atoms with Gasteiger partial charge in [-0.3, -0.25) is 4.68 Å². The third kappa shape index (κ3) is 4.05. The van der Waals surface area contributed by atoms with Crippen molar-refractivity contribution in [2.24, 2.45) is 5.92 Å². The molecular formula is C16H22N2O. The minimum atomic E-state index is 0.256. The minimum Gasteiger partial charge on any atom is -0.493 e. The molecule has 19 heavy (non-hydrogen) atoms. The molecule has 2 rings (SSSR count). The first-order valence-electron chi connectivity index (χ1n) is 6.77. The fourth-order valence-electron chi connectivity index (χ4n) is 1.83. The van der Waals surface area contributed by atoms with Crippen molar-refractivity contribution in [3.63, 3.8) is 0 Å². The van der Waals surface area contributed by atoms with Crippen molar-refractivity contribution in [3.05, 3.63) is 54.4 Å². The van der Waals surface area contributed by atoms with Crippen LogP contribution in [0.3, 0.4) is 0 Å². The van der Waals surface area contributed by atoms with Gasteiger partial charge in [-0.05, 0) is 42.7 Å². The number of benzene rings is 1. The zero-order valence-corrected chi connectivity index (χ0v) is 11.8. The molecule has 1 heterocycles. The largest absolute Gasteiger partial charge is 0.493 e. The van der Waals surface area contributed by atoms with Crippen LogP contribution in [0.2, 0.25) is 0 Å². The number of rotatable bonds is 6. The Morgan fingerprint density at radius 2 is 1.68 bits per heavy atom. The van der Waals surface area contributed by atoms with Gasteiger partial charge in [-0.25, -0.2) is 0 Å². The molecule has 3 nitrogen and oxygen atoms in total. The average Bonchev–Trinajstić information content (AvgIpc) is 2.89. The first-order valence-corrected chi connectivity index (χ1v) is 6.77. The van der Waals surface area contributed by atoms with Gasteiger partial charge in [-0.1, -0.05) is 26.0 Å². The van der Waals surface area contributed by atoms with Crippen LogP contribution in [0.25, 0.3) is 0 Å². The van der Waals surface area contributed by atoms with Crippen molar-refractivity contribution >= 4 is 0 Å². The van der Waals surface area contributed by atoms with E-state index in [0.717, 1.165) is 12.4 Å². The number of ether oxygens (including phenoxy) is 1. The lowest BCUT2D eigenvalue weighted by Crippen LogP contribution is -2.16. The van der Waals surface area contributed by atoms with Crippen LogP contribution in [0.4, 0.5) is 0 Å². The Bertz CT molecular complexity index is 474. The third-order valence-electron chi connectivity index (χ3n) is 2.91. The summed E-state index contributed by atoms with van der Waals surface area (Å²) < 4.78 is 7.65. The van der Waals surface area contributed by atoms with E-state index >= 15 is 0 Å². The molecule has 0 saturated carbocycles. The van der Waals surface area contributed by atoms with Crippen LogP contribution in [0.15, 0.2) is 48.8 Å². The number of nitrogens with zero attached hydrogens (tertiary/aromatic N) is 1. The highest BCUT2D eigenvalue weighted by Gasteiger charge is 2.05. The highest BCUT2D eigenvalue weighted by molar-refractivity contribution is 5.30. The van der Waals surface area contributed by atoms with E-state index in [9.17, 15) is 0 Å². The molecule has 1 atom stereocenters. The van der Waals surface area contributed by atoms with E-state index in [1.807, 2.05) is 41.3 Å². The molecular weight excluding hydrogens is 236 g/mol. The van der Waals surface area contributed by atoms with E-state index < -0.39 is 0 Å². The molecule has 102 valence electrons. The fourth-order valence-corrected chi connectivity index (χ4v) is 1.83. The van der Waals surface area contributed by atoms with E-state index in [0.29, 0.717) is 5.92 Å². The normalized spacial score (nSPS) is 12.4. The Balaban J connectivity index is 1.93. The Labute approximate surface area is 115 Å². The number of aromatic nitrogens is 1. The van der Waals surface area contributed by atoms with E-state index in [1.165, 1.54) is 5.56 Å². The smallest absolute Gasteiger partial charge is 0.119 e. The second-order valence-corrected chi connectivity index (χ2v) is 5.21. The lowest BCUT2D eigenvalue weighted by molar-refractivity contribution is 0.271. The first kappa shape index (κ1) is 13.5. The number of hydrogen-bond donors (Lipinski definition) is 1. The molecule has 1 aromatic carbocycles. The summed E-state index contributed by atoms with van der Waals surface area (Å²) in [6.45, 7) is 7.20. The summed E-state index contributed by atoms with van der Waals surface area (Å²) in [6.07, 6.45) is 3.99. The van der Waals surface area contributed by atoms with Crippen LogP contribution in [0.1, 0.15) is 32.4 Å². The van der Waals surface area contributed by atoms with Gasteiger partial charge in [0, 0.05) is 12.4 Å². The van der Waals surface area contributed by atoms with Crippen molar-refractivity contribution in [1.82, 2.24) is 4.68 Å². The van der Waals surface area contributed by atoms with Gasteiger partial charge in [-0.15, -0.1) is 0 Å². The van der Waals surface area contributed by atoms with Crippen LogP contribution in [-0.4, -0.2) is 11.3 Å². The van der Waals surface area contributed by atoms with Gasteiger partial charge in [-0.2, -0.15) is 0 Å². The molecule has 0 fully saturated rings. The molecule has 0 spiro atoms. The van der Waals surface area contributed by atoms with Gasteiger partial charge in [0.05, 0.1) is 12.6 Å². The van der Waals surface area contributed by atoms with Gasteiger partial charge in [0.2, 0.25) is 0 Å². The SMILES string of the molecule is CC(C)COc1ccc(C(C)Nn2cccc2)cc1. The second-order valence-electron chi connectivity index (χ2n) is 5.21. The highest BCUT2D eigenvalue weighted by Crippen LogP contribution is 2.18. The minimum absolute atomic E-state index is 0.256. The summed E-state index contributed by atoms with van der Waals surface area (Å²) in [5, 5.41) is 0. The zero-order valence-electron chi connectivity index (χ0n) is 11.8. The van der Waals surface area contributed by atoms with E-state index in [-0.39, 0.29) is 6.04 Å². The van der Waals surface area contributed by atoms with Gasteiger partial charge >= 0.3 is 0 Å². The molecule has 0 bridgehead atoms.